The fraction of sp³-hybridized carbons (Fsp3) is 0.500. The zero-order valence-corrected chi connectivity index (χ0v) is 33.0. The highest BCUT2D eigenvalue weighted by atomic mass is 16.7. The Balaban J connectivity index is 2.08. The van der Waals surface area contributed by atoms with E-state index in [-0.39, 0.29) is 61.9 Å². The molecule has 8 N–H and O–H groups in total. The number of Topliss-reactive ketones (excluding diaryl/α,β-unsaturated/α-hetero) is 1. The Kier molecular flexibility index (Phi) is 12.8. The summed E-state index contributed by atoms with van der Waals surface area (Å²) in [5.74, 6) is -8.84. The van der Waals surface area contributed by atoms with Gasteiger partial charge in [-0.25, -0.2) is 0 Å². The third-order valence-corrected chi connectivity index (χ3v) is 10.7. The van der Waals surface area contributed by atoms with Gasteiger partial charge in [-0.1, -0.05) is 32.1 Å². The van der Waals surface area contributed by atoms with Crippen LogP contribution in [0.1, 0.15) is 76.9 Å². The first kappa shape index (κ1) is 43.9. The minimum atomic E-state index is -2.22. The fourth-order valence-electron chi connectivity index (χ4n) is 7.31. The van der Waals surface area contributed by atoms with Gasteiger partial charge in [-0.15, -0.1) is 0 Å². The van der Waals surface area contributed by atoms with Crippen LogP contribution in [0.3, 0.4) is 0 Å². The van der Waals surface area contributed by atoms with Crippen LogP contribution in [0, 0.1) is 24.7 Å². The zero-order chi connectivity index (χ0) is 42.4. The topological polar surface area (TPSA) is 259 Å². The number of rotatable bonds is 2. The molecule has 1 aromatic rings. The second kappa shape index (κ2) is 16.3. The highest BCUT2D eigenvalue weighted by molar-refractivity contribution is 6.21. The van der Waals surface area contributed by atoms with Crippen LogP contribution in [0.4, 0.5) is 5.69 Å². The minimum absolute atomic E-state index is 0.00246. The number of anilines is 1. The van der Waals surface area contributed by atoms with E-state index in [2.05, 4.69) is 5.32 Å². The number of phenols is 1. The number of ketones is 1. The van der Waals surface area contributed by atoms with Crippen molar-refractivity contribution in [3.63, 3.8) is 0 Å². The van der Waals surface area contributed by atoms with Crippen molar-refractivity contribution < 1.29 is 73.9 Å². The lowest BCUT2D eigenvalue weighted by Crippen LogP contribution is -2.54. The Morgan fingerprint density at radius 3 is 1.98 bits per heavy atom. The average Bonchev–Trinajstić information content (AvgIpc) is 3.13. The molecule has 56 heavy (non-hydrogen) atoms. The number of aromatic hydroxyl groups is 1. The van der Waals surface area contributed by atoms with Crippen molar-refractivity contribution in [2.75, 3.05) is 19.2 Å². The second-order valence-electron chi connectivity index (χ2n) is 15.0. The van der Waals surface area contributed by atoms with Crippen LogP contribution in [0.25, 0.3) is 5.57 Å². The Morgan fingerprint density at radius 1 is 0.875 bits per heavy atom. The molecule has 5 rings (SSSR count). The first-order chi connectivity index (χ1) is 25.9. The molecule has 0 saturated heterocycles. The summed E-state index contributed by atoms with van der Waals surface area (Å²) in [4.78, 5) is 53.1. The highest BCUT2D eigenvalue weighted by Gasteiger charge is 2.48. The molecule has 16 heteroatoms. The number of benzene rings is 1. The minimum Gasteiger partial charge on any atom is -0.505 e. The molecule has 0 saturated carbocycles. The molecule has 3 heterocycles. The van der Waals surface area contributed by atoms with E-state index in [1.807, 2.05) is 0 Å². The smallest absolute Gasteiger partial charge is 0.313 e. The number of amides is 1. The summed E-state index contributed by atoms with van der Waals surface area (Å²) in [6.07, 6.45) is -2.56. The fourth-order valence-corrected chi connectivity index (χ4v) is 7.31. The van der Waals surface area contributed by atoms with Gasteiger partial charge in [0.1, 0.15) is 34.4 Å². The van der Waals surface area contributed by atoms with E-state index in [4.69, 9.17) is 18.9 Å². The molecule has 306 valence electrons. The molecule has 4 aliphatic rings. The molecule has 0 unspecified atom stereocenters. The number of carbonyl (C=O) groups excluding carboxylic acids is 4. The van der Waals surface area contributed by atoms with Crippen LogP contribution in [-0.2, 0) is 28.6 Å². The number of aliphatic hydroxyl groups is 6. The molecule has 1 aromatic carbocycles. The van der Waals surface area contributed by atoms with Gasteiger partial charge < -0.3 is 60.0 Å². The molecule has 3 aliphatic heterocycles. The first-order valence-corrected chi connectivity index (χ1v) is 17.9. The SMILES string of the molecule is COC(=O)[C@H]1[C@H](O)[C@H](C)[C@@H](O)[C@](C)(O)/C=C(/C)C2=C3C(=C(C)C(=O)c4c(O)c(c(C)c(OC(C)=O)c43)NC(=O)/C(C)=C\C=C\[C@](C)(O)[C@@H](O)[C@@H](C)[C@H]1O)OCO2. The molecule has 4 bridgehead atoms. The molecule has 9 atom stereocenters. The van der Waals surface area contributed by atoms with Crippen LogP contribution in [0.5, 0.6) is 11.5 Å². The van der Waals surface area contributed by atoms with Crippen LogP contribution in [-0.4, -0.2) is 109 Å². The van der Waals surface area contributed by atoms with E-state index in [1.54, 1.807) is 0 Å². The van der Waals surface area contributed by atoms with Gasteiger partial charge in [0.05, 0.1) is 48.3 Å². The first-order valence-electron chi connectivity index (χ1n) is 17.9. The number of carbonyl (C=O) groups is 4. The van der Waals surface area contributed by atoms with E-state index in [1.165, 1.54) is 73.6 Å². The predicted octanol–water partition coefficient (Wildman–Crippen LogP) is 2.22. The van der Waals surface area contributed by atoms with Gasteiger partial charge in [-0.3, -0.25) is 19.2 Å². The predicted molar refractivity (Wildman–Crippen MR) is 200 cm³/mol. The van der Waals surface area contributed by atoms with Crippen LogP contribution in [0.2, 0.25) is 0 Å². The number of fused-ring (bicyclic) bond motifs is 14. The maximum absolute atomic E-state index is 14.0. The van der Waals surface area contributed by atoms with Gasteiger partial charge in [-0.05, 0) is 53.2 Å². The largest absolute Gasteiger partial charge is 0.505 e. The summed E-state index contributed by atoms with van der Waals surface area (Å²) in [6.45, 7) is 11.5. The van der Waals surface area contributed by atoms with E-state index in [0.29, 0.717) is 0 Å². The number of hydrogen-bond donors (Lipinski definition) is 8. The van der Waals surface area contributed by atoms with Crippen molar-refractivity contribution in [2.24, 2.45) is 17.8 Å². The number of nitrogens with one attached hydrogen (secondary N) is 1. The van der Waals surface area contributed by atoms with Gasteiger partial charge in [0.25, 0.3) is 5.91 Å². The molecular weight excluding hydrogens is 734 g/mol. The lowest BCUT2D eigenvalue weighted by Gasteiger charge is -2.40. The molecule has 1 aliphatic carbocycles. The van der Waals surface area contributed by atoms with Crippen molar-refractivity contribution in [3.8, 4) is 11.5 Å². The summed E-state index contributed by atoms with van der Waals surface area (Å²) >= 11 is 0. The number of methoxy groups -OCH3 is 1. The van der Waals surface area contributed by atoms with E-state index in [0.717, 1.165) is 20.1 Å². The zero-order valence-electron chi connectivity index (χ0n) is 33.0. The maximum atomic E-state index is 14.0. The van der Waals surface area contributed by atoms with E-state index < -0.39 is 89.5 Å². The summed E-state index contributed by atoms with van der Waals surface area (Å²) in [5, 5.41) is 82.9. The van der Waals surface area contributed by atoms with Crippen LogP contribution in [0.15, 0.2) is 52.5 Å². The highest BCUT2D eigenvalue weighted by Crippen LogP contribution is 2.53. The van der Waals surface area contributed by atoms with Crippen molar-refractivity contribution in [1.29, 1.82) is 0 Å². The van der Waals surface area contributed by atoms with Crippen molar-refractivity contribution in [3.05, 3.63) is 69.2 Å². The van der Waals surface area contributed by atoms with Crippen LogP contribution < -0.4 is 10.1 Å². The van der Waals surface area contributed by atoms with Gasteiger partial charge in [0, 0.05) is 41.0 Å². The van der Waals surface area contributed by atoms with Gasteiger partial charge in [0.15, 0.2) is 11.5 Å². The number of ether oxygens (including phenoxy) is 4. The Labute approximate surface area is 324 Å². The summed E-state index contributed by atoms with van der Waals surface area (Å²) in [7, 11) is 1.01. The van der Waals surface area contributed by atoms with E-state index >= 15 is 0 Å². The third kappa shape index (κ3) is 8.03. The van der Waals surface area contributed by atoms with Crippen LogP contribution >= 0.6 is 0 Å². The van der Waals surface area contributed by atoms with Crippen molar-refractivity contribution in [2.45, 2.75) is 97.9 Å². The second-order valence-corrected chi connectivity index (χ2v) is 15.0. The Hall–Kier alpha value is -4.84. The average molecular weight is 786 g/mol. The molecule has 0 radical (unpaired) electrons. The number of hydrogen-bond acceptors (Lipinski definition) is 15. The van der Waals surface area contributed by atoms with E-state index in [9.17, 15) is 54.9 Å². The molecular formula is C40H51NO15. The Bertz CT molecular complexity index is 1970. The van der Waals surface area contributed by atoms with Gasteiger partial charge in [0.2, 0.25) is 6.79 Å². The quantitative estimate of drug-likeness (QED) is 0.122. The molecule has 0 spiro atoms. The number of phenolic OH excluding ortho intramolecular Hbond substituents is 1. The molecule has 0 aromatic heterocycles. The summed E-state index contributed by atoms with van der Waals surface area (Å²) in [6, 6.07) is 0. The third-order valence-electron chi connectivity index (χ3n) is 10.7. The lowest BCUT2D eigenvalue weighted by atomic mass is 9.74. The summed E-state index contributed by atoms with van der Waals surface area (Å²) < 4.78 is 22.2. The number of allylic oxidation sites excluding steroid dienone is 5. The number of aliphatic hydroxyl groups excluding tert-OH is 4. The van der Waals surface area contributed by atoms with Crippen molar-refractivity contribution >= 4 is 34.9 Å². The number of esters is 2. The molecule has 0 fully saturated rings. The molecule has 16 nitrogen and oxygen atoms in total. The van der Waals surface area contributed by atoms with Gasteiger partial charge in [-0.2, -0.15) is 0 Å². The normalized spacial score (nSPS) is 34.2. The lowest BCUT2D eigenvalue weighted by molar-refractivity contribution is -0.171. The summed E-state index contributed by atoms with van der Waals surface area (Å²) in [5.41, 5.74) is -4.84. The van der Waals surface area contributed by atoms with Gasteiger partial charge >= 0.3 is 11.9 Å². The Morgan fingerprint density at radius 2 is 1.43 bits per heavy atom. The monoisotopic (exact) mass is 785 g/mol. The van der Waals surface area contributed by atoms with Crippen molar-refractivity contribution in [1.82, 2.24) is 0 Å². The standard InChI is InChI=1S/C40H51NO15/c1-16-12-11-13-39(8,51)35(47)20(5)29(44)26(38(50)53-10)30(45)21(6)36(48)40(9,52)14-17(2)32-25-23-24(28(43)19(4)33(25)55-15-54-32)31(46)27(41-37(16)49)18(3)34(23)56-22(7)42/h11-14,20-21,26,29-30,35-36,44-48,51-52H,15H2,1-10H3,(H,41,49)/b13-11+,16-12-,17-14-/t20-,21-,26+,29+,30+,35-,36+,39-,40+/m0/s1. The maximum Gasteiger partial charge on any atom is 0.313 e. The molecule has 1 amide bonds.